The lowest BCUT2D eigenvalue weighted by molar-refractivity contribution is -0.384. The van der Waals surface area contributed by atoms with Gasteiger partial charge >= 0.3 is 0 Å². The summed E-state index contributed by atoms with van der Waals surface area (Å²) in [6, 6.07) is 6.50. The summed E-state index contributed by atoms with van der Waals surface area (Å²) in [5.74, 6) is 1.52. The number of guanidine groups is 1. The predicted molar refractivity (Wildman–Crippen MR) is 100 cm³/mol. The summed E-state index contributed by atoms with van der Waals surface area (Å²) >= 11 is 0. The summed E-state index contributed by atoms with van der Waals surface area (Å²) < 4.78 is 5.38. The molecule has 0 spiro atoms. The van der Waals surface area contributed by atoms with Crippen molar-refractivity contribution in [2.45, 2.75) is 46.7 Å². The number of aryl methyl sites for hydroxylation is 2. The molecule has 8 heteroatoms. The molecule has 0 unspecified atom stereocenters. The smallest absolute Gasteiger partial charge is 0.269 e. The molecule has 0 aliphatic carbocycles. The molecule has 2 N–H and O–H groups in total. The third-order valence-electron chi connectivity index (χ3n) is 3.92. The number of hydrogen-bond acceptors (Lipinski definition) is 5. The highest BCUT2D eigenvalue weighted by atomic mass is 16.6. The van der Waals surface area contributed by atoms with Crippen molar-refractivity contribution in [3.05, 3.63) is 57.0 Å². The molecule has 1 heterocycles. The van der Waals surface area contributed by atoms with Crippen LogP contribution in [0.25, 0.3) is 0 Å². The first-order chi connectivity index (χ1) is 12.6. The van der Waals surface area contributed by atoms with Crippen molar-refractivity contribution in [1.82, 2.24) is 15.8 Å². The third kappa shape index (κ3) is 5.05. The van der Waals surface area contributed by atoms with Gasteiger partial charge in [-0.2, -0.15) is 0 Å². The van der Waals surface area contributed by atoms with Gasteiger partial charge in [-0.05, 0) is 18.9 Å². The Morgan fingerprint density at radius 2 is 2.08 bits per heavy atom. The highest BCUT2D eigenvalue weighted by molar-refractivity contribution is 5.79. The standard InChI is InChI=1S/C18H25N5O3/c1-4-16-15(17(5-2)26-22-16)12-21-18(19-6-3)20-11-13-8-7-9-14(10-13)23(24)25/h7-10H,4-6,11-12H2,1-3H3,(H2,19,20,21). The van der Waals surface area contributed by atoms with Crippen LogP contribution >= 0.6 is 0 Å². The van der Waals surface area contributed by atoms with Gasteiger partial charge < -0.3 is 15.2 Å². The van der Waals surface area contributed by atoms with Crippen LogP contribution in [0.4, 0.5) is 5.69 Å². The monoisotopic (exact) mass is 359 g/mol. The largest absolute Gasteiger partial charge is 0.361 e. The molecule has 0 aliphatic rings. The lowest BCUT2D eigenvalue weighted by atomic mass is 10.1. The van der Waals surface area contributed by atoms with E-state index in [-0.39, 0.29) is 5.69 Å². The molecule has 0 radical (unpaired) electrons. The van der Waals surface area contributed by atoms with Gasteiger partial charge in [0, 0.05) is 37.2 Å². The van der Waals surface area contributed by atoms with E-state index in [0.717, 1.165) is 35.4 Å². The minimum atomic E-state index is -0.402. The summed E-state index contributed by atoms with van der Waals surface area (Å²) in [7, 11) is 0. The molecule has 140 valence electrons. The van der Waals surface area contributed by atoms with Gasteiger partial charge in [0.1, 0.15) is 5.76 Å². The molecule has 0 atom stereocenters. The van der Waals surface area contributed by atoms with Crippen LogP contribution in [0.2, 0.25) is 0 Å². The number of rotatable bonds is 8. The first-order valence-electron chi connectivity index (χ1n) is 8.80. The average molecular weight is 359 g/mol. The number of aliphatic imine (C=N–C) groups is 1. The molecule has 2 rings (SSSR count). The molecule has 1 aromatic heterocycles. The second-order valence-electron chi connectivity index (χ2n) is 5.71. The van der Waals surface area contributed by atoms with Crippen LogP contribution in [-0.2, 0) is 25.9 Å². The predicted octanol–water partition coefficient (Wildman–Crippen LogP) is 2.96. The molecule has 26 heavy (non-hydrogen) atoms. The van der Waals surface area contributed by atoms with Crippen LogP contribution in [0.3, 0.4) is 0 Å². The molecule has 0 amide bonds. The van der Waals surface area contributed by atoms with E-state index in [1.165, 1.54) is 12.1 Å². The second kappa shape index (κ2) is 9.55. The van der Waals surface area contributed by atoms with Crippen LogP contribution in [0.5, 0.6) is 0 Å². The first kappa shape index (κ1) is 19.4. The minimum absolute atomic E-state index is 0.0697. The summed E-state index contributed by atoms with van der Waals surface area (Å²) in [4.78, 5) is 15.0. The molecule has 2 aromatic rings. The number of nitro groups is 1. The fraction of sp³-hybridized carbons (Fsp3) is 0.444. The molecule has 1 aromatic carbocycles. The average Bonchev–Trinajstić information content (AvgIpc) is 3.06. The molecule has 0 aliphatic heterocycles. The maximum atomic E-state index is 10.9. The van der Waals surface area contributed by atoms with Crippen molar-refractivity contribution in [2.75, 3.05) is 6.54 Å². The van der Waals surface area contributed by atoms with E-state index in [4.69, 9.17) is 4.52 Å². The maximum absolute atomic E-state index is 10.9. The van der Waals surface area contributed by atoms with E-state index in [2.05, 4.69) is 20.8 Å². The molecule has 0 bridgehead atoms. The summed E-state index contributed by atoms with van der Waals surface area (Å²) in [5.41, 5.74) is 2.87. The van der Waals surface area contributed by atoms with Crippen LogP contribution in [-0.4, -0.2) is 22.6 Å². The van der Waals surface area contributed by atoms with Gasteiger partial charge in [0.2, 0.25) is 0 Å². The van der Waals surface area contributed by atoms with Crippen LogP contribution in [0.1, 0.15) is 43.4 Å². The highest BCUT2D eigenvalue weighted by Gasteiger charge is 2.13. The lowest BCUT2D eigenvalue weighted by Gasteiger charge is -2.11. The first-order valence-corrected chi connectivity index (χ1v) is 8.80. The summed E-state index contributed by atoms with van der Waals surface area (Å²) in [6.45, 7) is 7.69. The zero-order valence-corrected chi connectivity index (χ0v) is 15.4. The van der Waals surface area contributed by atoms with Crippen molar-refractivity contribution < 1.29 is 9.45 Å². The van der Waals surface area contributed by atoms with Gasteiger partial charge in [-0.25, -0.2) is 4.99 Å². The lowest BCUT2D eigenvalue weighted by Crippen LogP contribution is -2.37. The van der Waals surface area contributed by atoms with Gasteiger partial charge in [-0.1, -0.05) is 31.1 Å². The summed E-state index contributed by atoms with van der Waals surface area (Å²) in [6.07, 6.45) is 1.59. The second-order valence-corrected chi connectivity index (χ2v) is 5.71. The van der Waals surface area contributed by atoms with Crippen molar-refractivity contribution in [3.8, 4) is 0 Å². The van der Waals surface area contributed by atoms with Crippen LogP contribution in [0.15, 0.2) is 33.8 Å². The van der Waals surface area contributed by atoms with Gasteiger partial charge in [-0.3, -0.25) is 10.1 Å². The molecule has 8 nitrogen and oxygen atoms in total. The van der Waals surface area contributed by atoms with Gasteiger partial charge in [-0.15, -0.1) is 0 Å². The number of hydrogen-bond donors (Lipinski definition) is 2. The molecule has 0 fully saturated rings. The number of nitro benzene ring substituents is 1. The SMILES string of the molecule is CCNC(=NCc1cccc([N+](=O)[O-])c1)NCc1c(CC)noc1CC. The molecular weight excluding hydrogens is 334 g/mol. The fourth-order valence-corrected chi connectivity index (χ4v) is 2.59. The van der Waals surface area contributed by atoms with E-state index in [9.17, 15) is 10.1 Å². The number of non-ortho nitro benzene ring substituents is 1. The Bertz CT molecular complexity index is 748. The Morgan fingerprint density at radius 1 is 1.27 bits per heavy atom. The van der Waals surface area contributed by atoms with Gasteiger partial charge in [0.05, 0.1) is 17.2 Å². The molecule has 0 saturated carbocycles. The quantitative estimate of drug-likeness (QED) is 0.325. The fourth-order valence-electron chi connectivity index (χ4n) is 2.59. The Balaban J connectivity index is 2.09. The maximum Gasteiger partial charge on any atom is 0.269 e. The van der Waals surface area contributed by atoms with E-state index < -0.39 is 4.92 Å². The normalized spacial score (nSPS) is 11.4. The van der Waals surface area contributed by atoms with E-state index in [1.807, 2.05) is 26.8 Å². The van der Waals surface area contributed by atoms with Crippen LogP contribution in [0, 0.1) is 10.1 Å². The molecule has 0 saturated heterocycles. The third-order valence-corrected chi connectivity index (χ3v) is 3.92. The van der Waals surface area contributed by atoms with E-state index >= 15 is 0 Å². The number of nitrogens with one attached hydrogen (secondary N) is 2. The zero-order chi connectivity index (χ0) is 18.9. The summed E-state index contributed by atoms with van der Waals surface area (Å²) in [5, 5.41) is 21.5. The minimum Gasteiger partial charge on any atom is -0.361 e. The van der Waals surface area contributed by atoms with Crippen LogP contribution < -0.4 is 10.6 Å². The Morgan fingerprint density at radius 3 is 2.73 bits per heavy atom. The van der Waals surface area contributed by atoms with E-state index in [0.29, 0.717) is 25.6 Å². The van der Waals surface area contributed by atoms with Gasteiger partial charge in [0.25, 0.3) is 5.69 Å². The van der Waals surface area contributed by atoms with E-state index in [1.54, 1.807) is 6.07 Å². The number of benzene rings is 1. The molecular formula is C18H25N5O3. The number of aromatic nitrogens is 1. The van der Waals surface area contributed by atoms with Crippen molar-refractivity contribution >= 4 is 11.6 Å². The highest BCUT2D eigenvalue weighted by Crippen LogP contribution is 2.16. The van der Waals surface area contributed by atoms with Crippen molar-refractivity contribution in [3.63, 3.8) is 0 Å². The number of nitrogens with zero attached hydrogens (tertiary/aromatic N) is 3. The van der Waals surface area contributed by atoms with Gasteiger partial charge in [0.15, 0.2) is 5.96 Å². The van der Waals surface area contributed by atoms with Crippen molar-refractivity contribution in [1.29, 1.82) is 0 Å². The van der Waals surface area contributed by atoms with Crippen molar-refractivity contribution in [2.24, 2.45) is 4.99 Å². The topological polar surface area (TPSA) is 106 Å². The Hall–Kier alpha value is -2.90. The Kier molecular flexibility index (Phi) is 7.13. The Labute approximate surface area is 152 Å². The zero-order valence-electron chi connectivity index (χ0n) is 15.4.